The smallest absolute Gasteiger partial charge is 0.255 e. The van der Waals surface area contributed by atoms with Gasteiger partial charge in [-0.1, -0.05) is 6.58 Å². The maximum absolute atomic E-state index is 10.8. The molecule has 1 aromatic heterocycles. The first-order chi connectivity index (χ1) is 5.14. The van der Waals surface area contributed by atoms with E-state index in [1.165, 1.54) is 17.5 Å². The number of anilines is 1. The average Bonchev–Trinajstić information content (AvgIpc) is 2.39. The highest BCUT2D eigenvalue weighted by atomic mass is 32.2. The van der Waals surface area contributed by atoms with Gasteiger partial charge >= 0.3 is 0 Å². The second kappa shape index (κ2) is 3.02. The fourth-order valence-electron chi connectivity index (χ4n) is 0.437. The van der Waals surface area contributed by atoms with Gasteiger partial charge in [0.15, 0.2) is 5.13 Å². The molecule has 0 aliphatic heterocycles. The zero-order valence-electron chi connectivity index (χ0n) is 5.52. The Labute approximate surface area is 68.6 Å². The minimum atomic E-state index is -3.38. The van der Waals surface area contributed by atoms with Crippen molar-refractivity contribution in [3.8, 4) is 0 Å². The number of hydrogen-bond acceptors (Lipinski definition) is 4. The van der Waals surface area contributed by atoms with Crippen LogP contribution in [0.5, 0.6) is 0 Å². The van der Waals surface area contributed by atoms with Crippen LogP contribution in [0.15, 0.2) is 23.6 Å². The molecule has 0 aliphatic carbocycles. The highest BCUT2D eigenvalue weighted by molar-refractivity contribution is 7.95. The van der Waals surface area contributed by atoms with Crippen LogP contribution in [0.2, 0.25) is 0 Å². The number of nitrogens with one attached hydrogen (secondary N) is 1. The summed E-state index contributed by atoms with van der Waals surface area (Å²) in [7, 11) is -3.38. The Morgan fingerprint density at radius 1 is 1.73 bits per heavy atom. The van der Waals surface area contributed by atoms with Crippen LogP contribution < -0.4 is 4.72 Å². The molecule has 0 saturated carbocycles. The molecule has 0 amide bonds. The van der Waals surface area contributed by atoms with Crippen molar-refractivity contribution in [2.75, 3.05) is 4.72 Å². The van der Waals surface area contributed by atoms with E-state index < -0.39 is 10.0 Å². The summed E-state index contributed by atoms with van der Waals surface area (Å²) in [6.07, 6.45) is 1.52. The summed E-state index contributed by atoms with van der Waals surface area (Å²) in [5.41, 5.74) is 0. The molecule has 0 atom stereocenters. The van der Waals surface area contributed by atoms with Crippen LogP contribution in [0.4, 0.5) is 5.13 Å². The number of hydrogen-bond donors (Lipinski definition) is 1. The fourth-order valence-corrected chi connectivity index (χ4v) is 1.73. The Hall–Kier alpha value is -0.880. The third-order valence-electron chi connectivity index (χ3n) is 0.881. The normalized spacial score (nSPS) is 10.9. The number of sulfonamides is 1. The fraction of sp³-hybridized carbons (Fsp3) is 0. The Kier molecular flexibility index (Phi) is 2.25. The van der Waals surface area contributed by atoms with Crippen LogP contribution >= 0.6 is 11.3 Å². The van der Waals surface area contributed by atoms with E-state index in [1.54, 1.807) is 5.38 Å². The molecule has 6 heteroatoms. The molecule has 0 bridgehead atoms. The first kappa shape index (κ1) is 8.22. The van der Waals surface area contributed by atoms with Crippen molar-refractivity contribution in [3.05, 3.63) is 23.6 Å². The van der Waals surface area contributed by atoms with Gasteiger partial charge in [0, 0.05) is 17.0 Å². The lowest BCUT2D eigenvalue weighted by Gasteiger charge is -1.96. The first-order valence-corrected chi connectivity index (χ1v) is 5.11. The quantitative estimate of drug-likeness (QED) is 0.774. The standard InChI is InChI=1S/C5H6N2O2S2/c1-2-11(8,9)7-5-6-3-4-10-5/h2-4H,1H2,(H,6,7). The largest absolute Gasteiger partial charge is 0.256 e. The van der Waals surface area contributed by atoms with E-state index in [0.717, 1.165) is 5.41 Å². The molecule has 0 aromatic carbocycles. The van der Waals surface area contributed by atoms with Gasteiger partial charge in [-0.05, 0) is 0 Å². The van der Waals surface area contributed by atoms with Crippen LogP contribution in [-0.2, 0) is 10.0 Å². The second-order valence-electron chi connectivity index (χ2n) is 1.65. The summed E-state index contributed by atoms with van der Waals surface area (Å²) in [6.45, 7) is 3.14. The molecule has 0 saturated heterocycles. The number of nitrogens with zero attached hydrogens (tertiary/aromatic N) is 1. The predicted octanol–water partition coefficient (Wildman–Crippen LogP) is 1.03. The Balaban J connectivity index is 2.79. The van der Waals surface area contributed by atoms with Gasteiger partial charge in [0.2, 0.25) is 0 Å². The minimum Gasteiger partial charge on any atom is -0.255 e. The van der Waals surface area contributed by atoms with E-state index in [9.17, 15) is 8.42 Å². The van der Waals surface area contributed by atoms with Crippen LogP contribution in [0.1, 0.15) is 0 Å². The molecule has 0 fully saturated rings. The lowest BCUT2D eigenvalue weighted by Crippen LogP contribution is -2.07. The number of thiazole rings is 1. The lowest BCUT2D eigenvalue weighted by molar-refractivity contribution is 0.609. The van der Waals surface area contributed by atoms with Gasteiger partial charge in [0.05, 0.1) is 0 Å². The van der Waals surface area contributed by atoms with E-state index in [-0.39, 0.29) is 0 Å². The van der Waals surface area contributed by atoms with Gasteiger partial charge < -0.3 is 0 Å². The highest BCUT2D eigenvalue weighted by Gasteiger charge is 2.04. The van der Waals surface area contributed by atoms with Gasteiger partial charge in [-0.2, -0.15) is 0 Å². The average molecular weight is 190 g/mol. The zero-order chi connectivity index (χ0) is 8.32. The van der Waals surface area contributed by atoms with E-state index in [1.807, 2.05) is 0 Å². The molecule has 1 aromatic rings. The van der Waals surface area contributed by atoms with Crippen molar-refractivity contribution in [2.45, 2.75) is 0 Å². The van der Waals surface area contributed by atoms with E-state index >= 15 is 0 Å². The topological polar surface area (TPSA) is 59.1 Å². The van der Waals surface area contributed by atoms with Crippen molar-refractivity contribution in [1.29, 1.82) is 0 Å². The summed E-state index contributed by atoms with van der Waals surface area (Å²) < 4.78 is 23.8. The van der Waals surface area contributed by atoms with Crippen molar-refractivity contribution in [1.82, 2.24) is 4.98 Å². The van der Waals surface area contributed by atoms with E-state index in [2.05, 4.69) is 16.3 Å². The van der Waals surface area contributed by atoms with Gasteiger partial charge in [-0.15, -0.1) is 11.3 Å². The Bertz CT molecular complexity index is 327. The molecular weight excluding hydrogens is 184 g/mol. The minimum absolute atomic E-state index is 0.352. The molecule has 0 unspecified atom stereocenters. The molecule has 60 valence electrons. The van der Waals surface area contributed by atoms with Gasteiger partial charge in [-0.25, -0.2) is 13.4 Å². The molecule has 1 rings (SSSR count). The SMILES string of the molecule is C=CS(=O)(=O)Nc1nccs1. The monoisotopic (exact) mass is 190 g/mol. The summed E-state index contributed by atoms with van der Waals surface area (Å²) in [6, 6.07) is 0. The molecule has 0 aliphatic rings. The number of rotatable bonds is 3. The van der Waals surface area contributed by atoms with Crippen molar-refractivity contribution in [3.63, 3.8) is 0 Å². The van der Waals surface area contributed by atoms with Gasteiger partial charge in [0.25, 0.3) is 10.0 Å². The first-order valence-electron chi connectivity index (χ1n) is 2.69. The van der Waals surface area contributed by atoms with Crippen molar-refractivity contribution >= 4 is 26.5 Å². The molecule has 0 spiro atoms. The van der Waals surface area contributed by atoms with Gasteiger partial charge in [0.1, 0.15) is 0 Å². The third kappa shape index (κ3) is 2.32. The second-order valence-corrected chi connectivity index (χ2v) is 4.17. The summed E-state index contributed by atoms with van der Waals surface area (Å²) >= 11 is 1.22. The molecule has 0 radical (unpaired) electrons. The van der Waals surface area contributed by atoms with Crippen molar-refractivity contribution in [2.24, 2.45) is 0 Å². The highest BCUT2D eigenvalue weighted by Crippen LogP contribution is 2.12. The molecular formula is C5H6N2O2S2. The molecule has 1 heterocycles. The predicted molar refractivity (Wildman–Crippen MR) is 44.9 cm³/mol. The van der Waals surface area contributed by atoms with E-state index in [4.69, 9.17) is 0 Å². The summed E-state index contributed by atoms with van der Waals surface area (Å²) in [5, 5.41) is 2.87. The van der Waals surface area contributed by atoms with Crippen LogP contribution in [0.3, 0.4) is 0 Å². The summed E-state index contributed by atoms with van der Waals surface area (Å²) in [4.78, 5) is 3.73. The maximum Gasteiger partial charge on any atom is 0.256 e. The van der Waals surface area contributed by atoms with Crippen LogP contribution in [-0.4, -0.2) is 13.4 Å². The van der Waals surface area contributed by atoms with Crippen molar-refractivity contribution < 1.29 is 8.42 Å². The van der Waals surface area contributed by atoms with Crippen LogP contribution in [0.25, 0.3) is 0 Å². The molecule has 4 nitrogen and oxygen atoms in total. The van der Waals surface area contributed by atoms with Gasteiger partial charge in [-0.3, -0.25) is 4.72 Å². The Morgan fingerprint density at radius 2 is 2.45 bits per heavy atom. The lowest BCUT2D eigenvalue weighted by atomic mass is 11.0. The maximum atomic E-state index is 10.8. The Morgan fingerprint density at radius 3 is 2.91 bits per heavy atom. The zero-order valence-corrected chi connectivity index (χ0v) is 7.15. The van der Waals surface area contributed by atoms with E-state index in [0.29, 0.717) is 5.13 Å². The summed E-state index contributed by atoms with van der Waals surface area (Å²) in [5.74, 6) is 0. The third-order valence-corrected chi connectivity index (χ3v) is 2.62. The molecule has 11 heavy (non-hydrogen) atoms. The van der Waals surface area contributed by atoms with Crippen LogP contribution in [0, 0.1) is 0 Å². The number of aromatic nitrogens is 1. The molecule has 1 N–H and O–H groups in total.